The van der Waals surface area contributed by atoms with E-state index in [0.29, 0.717) is 17.9 Å². The van der Waals surface area contributed by atoms with E-state index in [0.717, 1.165) is 32.7 Å². The van der Waals surface area contributed by atoms with Crippen LogP contribution in [0.1, 0.15) is 5.56 Å². The van der Waals surface area contributed by atoms with Crippen LogP contribution >= 0.6 is 0 Å². The van der Waals surface area contributed by atoms with Gasteiger partial charge in [0.05, 0.1) is 0 Å². The molecule has 114 valence electrons. The fourth-order valence-corrected chi connectivity index (χ4v) is 2.22. The highest BCUT2D eigenvalue weighted by atomic mass is 19.1. The molecule has 21 heavy (non-hydrogen) atoms. The highest BCUT2D eigenvalue weighted by molar-refractivity contribution is 5.40. The molecule has 1 N–H and O–H groups in total. The number of piperazine rings is 1. The monoisotopic (exact) mass is 292 g/mol. The fraction of sp³-hybridized carbons (Fsp3) is 0.500. The summed E-state index contributed by atoms with van der Waals surface area (Å²) in [6.07, 6.45) is 0. The van der Waals surface area contributed by atoms with Gasteiger partial charge in [-0.25, -0.2) is 4.39 Å². The van der Waals surface area contributed by atoms with Gasteiger partial charge in [0.25, 0.3) is 0 Å². The van der Waals surface area contributed by atoms with Crippen molar-refractivity contribution in [2.45, 2.75) is 0 Å². The van der Waals surface area contributed by atoms with Gasteiger partial charge >= 0.3 is 0 Å². The van der Waals surface area contributed by atoms with Gasteiger partial charge in [-0.3, -0.25) is 4.90 Å². The van der Waals surface area contributed by atoms with Crippen LogP contribution in [-0.4, -0.2) is 67.9 Å². The third-order valence-electron chi connectivity index (χ3n) is 3.46. The van der Waals surface area contributed by atoms with E-state index in [2.05, 4.69) is 28.7 Å². The Labute approximate surface area is 125 Å². The highest BCUT2D eigenvalue weighted by Crippen LogP contribution is 2.16. The normalized spacial score (nSPS) is 16.3. The molecule has 0 aromatic heterocycles. The first-order valence-electron chi connectivity index (χ1n) is 7.11. The molecule has 0 spiro atoms. The van der Waals surface area contributed by atoms with Crippen molar-refractivity contribution in [3.05, 3.63) is 29.6 Å². The van der Waals surface area contributed by atoms with Crippen molar-refractivity contribution < 1.29 is 14.2 Å². The molecule has 4 nitrogen and oxygen atoms in total. The fourth-order valence-electron chi connectivity index (χ4n) is 2.22. The summed E-state index contributed by atoms with van der Waals surface area (Å²) in [6.45, 7) is 5.34. The summed E-state index contributed by atoms with van der Waals surface area (Å²) in [6, 6.07) is 4.37. The zero-order chi connectivity index (χ0) is 15.1. The van der Waals surface area contributed by atoms with Gasteiger partial charge in [0.15, 0.2) is 0 Å². The summed E-state index contributed by atoms with van der Waals surface area (Å²) < 4.78 is 19.1. The lowest BCUT2D eigenvalue weighted by Crippen LogP contribution is -2.45. The molecule has 1 aromatic carbocycles. The maximum absolute atomic E-state index is 13.5. The van der Waals surface area contributed by atoms with Crippen LogP contribution in [0, 0.1) is 17.7 Å². The third-order valence-corrected chi connectivity index (χ3v) is 3.46. The molecule has 0 atom stereocenters. The highest BCUT2D eigenvalue weighted by Gasteiger charge is 2.13. The molecule has 1 heterocycles. The van der Waals surface area contributed by atoms with Gasteiger partial charge in [0, 0.05) is 44.4 Å². The predicted molar refractivity (Wildman–Crippen MR) is 79.8 cm³/mol. The van der Waals surface area contributed by atoms with Crippen LogP contribution in [-0.2, 0) is 0 Å². The first-order chi connectivity index (χ1) is 10.2. The number of benzene rings is 1. The third kappa shape index (κ3) is 5.35. The average molecular weight is 292 g/mol. The van der Waals surface area contributed by atoms with Gasteiger partial charge in [-0.1, -0.05) is 11.8 Å². The second kappa shape index (κ2) is 7.99. The summed E-state index contributed by atoms with van der Waals surface area (Å²) in [7, 11) is 2.12. The number of halogens is 1. The Hall–Kier alpha value is -1.61. The van der Waals surface area contributed by atoms with Crippen molar-refractivity contribution in [2.24, 2.45) is 0 Å². The van der Waals surface area contributed by atoms with E-state index in [1.165, 1.54) is 12.1 Å². The van der Waals surface area contributed by atoms with Gasteiger partial charge < -0.3 is 14.7 Å². The minimum absolute atomic E-state index is 0.240. The zero-order valence-electron chi connectivity index (χ0n) is 12.3. The van der Waals surface area contributed by atoms with Gasteiger partial charge in [0.2, 0.25) is 0 Å². The van der Waals surface area contributed by atoms with Gasteiger partial charge in [-0.15, -0.1) is 0 Å². The number of rotatable bonds is 4. The molecule has 2 rings (SSSR count). The summed E-state index contributed by atoms with van der Waals surface area (Å²) >= 11 is 0. The van der Waals surface area contributed by atoms with Crippen LogP contribution in [0.3, 0.4) is 0 Å². The molecule has 0 unspecified atom stereocenters. The Balaban J connectivity index is 1.84. The van der Waals surface area contributed by atoms with Crippen molar-refractivity contribution in [3.8, 4) is 17.6 Å². The molecule has 1 fully saturated rings. The Morgan fingerprint density at radius 2 is 2.00 bits per heavy atom. The molecule has 0 bridgehead atoms. The Morgan fingerprint density at radius 3 is 2.71 bits per heavy atom. The Kier molecular flexibility index (Phi) is 6.00. The first-order valence-corrected chi connectivity index (χ1v) is 7.11. The van der Waals surface area contributed by atoms with E-state index < -0.39 is 0 Å². The molecule has 1 aliphatic heterocycles. The van der Waals surface area contributed by atoms with E-state index in [4.69, 9.17) is 9.84 Å². The number of hydrogen-bond acceptors (Lipinski definition) is 4. The summed E-state index contributed by atoms with van der Waals surface area (Å²) in [4.78, 5) is 4.64. The van der Waals surface area contributed by atoms with Crippen molar-refractivity contribution >= 4 is 0 Å². The number of likely N-dealkylation sites (N-methyl/N-ethyl adjacent to an activating group) is 1. The lowest BCUT2D eigenvalue weighted by Gasteiger charge is -2.32. The summed E-state index contributed by atoms with van der Waals surface area (Å²) in [5.41, 5.74) is 0.513. The average Bonchev–Trinajstić information content (AvgIpc) is 2.47. The number of aliphatic hydroxyl groups is 1. The topological polar surface area (TPSA) is 35.9 Å². The molecule has 0 radical (unpaired) electrons. The van der Waals surface area contributed by atoms with Crippen LogP contribution < -0.4 is 4.74 Å². The van der Waals surface area contributed by atoms with E-state index in [9.17, 15) is 4.39 Å². The molecular formula is C16H21FN2O2. The minimum atomic E-state index is -0.380. The number of aliphatic hydroxyl groups excluding tert-OH is 1. The summed E-state index contributed by atoms with van der Waals surface area (Å²) in [5, 5.41) is 8.66. The number of nitrogens with zero attached hydrogens (tertiary/aromatic N) is 2. The van der Waals surface area contributed by atoms with Crippen molar-refractivity contribution in [3.63, 3.8) is 0 Å². The Morgan fingerprint density at radius 1 is 1.24 bits per heavy atom. The van der Waals surface area contributed by atoms with Crippen LogP contribution in [0.15, 0.2) is 18.2 Å². The van der Waals surface area contributed by atoms with Crippen LogP contribution in [0.25, 0.3) is 0 Å². The molecule has 0 amide bonds. The second-order valence-corrected chi connectivity index (χ2v) is 5.13. The standard InChI is InChI=1S/C16H21FN2O2/c1-18-4-6-19(7-5-18)8-10-21-16-12-14(3-2-9-20)11-15(17)13-16/h11-13,20H,4-10H2,1H3. The molecule has 1 saturated heterocycles. The zero-order valence-corrected chi connectivity index (χ0v) is 12.3. The largest absolute Gasteiger partial charge is 0.492 e. The predicted octanol–water partition coefficient (Wildman–Crippen LogP) is 0.796. The molecule has 0 saturated carbocycles. The van der Waals surface area contributed by atoms with E-state index in [-0.39, 0.29) is 12.4 Å². The second-order valence-electron chi connectivity index (χ2n) is 5.13. The van der Waals surface area contributed by atoms with Crippen molar-refractivity contribution in [1.82, 2.24) is 9.80 Å². The van der Waals surface area contributed by atoms with Gasteiger partial charge in [0.1, 0.15) is 24.8 Å². The maximum atomic E-state index is 13.5. The quantitative estimate of drug-likeness (QED) is 0.833. The van der Waals surface area contributed by atoms with E-state index in [1.807, 2.05) is 0 Å². The molecule has 1 aliphatic rings. The summed E-state index contributed by atoms with van der Waals surface area (Å²) in [5.74, 6) is 5.28. The number of ether oxygens (including phenoxy) is 1. The van der Waals surface area contributed by atoms with Crippen LogP contribution in [0.5, 0.6) is 5.75 Å². The molecule has 5 heteroatoms. The molecule has 1 aromatic rings. The lowest BCUT2D eigenvalue weighted by molar-refractivity contribution is 0.133. The van der Waals surface area contributed by atoms with Gasteiger partial charge in [-0.2, -0.15) is 0 Å². The van der Waals surface area contributed by atoms with Gasteiger partial charge in [-0.05, 0) is 19.2 Å². The molecular weight excluding hydrogens is 271 g/mol. The van der Waals surface area contributed by atoms with E-state index >= 15 is 0 Å². The minimum Gasteiger partial charge on any atom is -0.492 e. The van der Waals surface area contributed by atoms with Crippen molar-refractivity contribution in [1.29, 1.82) is 0 Å². The maximum Gasteiger partial charge on any atom is 0.128 e. The van der Waals surface area contributed by atoms with Crippen LogP contribution in [0.4, 0.5) is 4.39 Å². The Bertz CT molecular complexity index is 517. The van der Waals surface area contributed by atoms with Crippen molar-refractivity contribution in [2.75, 3.05) is 53.0 Å². The molecule has 0 aliphatic carbocycles. The number of hydrogen-bond donors (Lipinski definition) is 1. The van der Waals surface area contributed by atoms with Crippen LogP contribution in [0.2, 0.25) is 0 Å². The smallest absolute Gasteiger partial charge is 0.128 e. The SMILES string of the molecule is CN1CCN(CCOc2cc(F)cc(C#CCO)c2)CC1. The lowest BCUT2D eigenvalue weighted by atomic mass is 10.2. The first kappa shape index (κ1) is 15.8. The van der Waals surface area contributed by atoms with E-state index in [1.54, 1.807) is 6.07 Å².